The number of halogens is 3. The first-order valence-electron chi connectivity index (χ1n) is 6.03. The van der Waals surface area contributed by atoms with E-state index in [4.69, 9.17) is 10.3 Å². The lowest BCUT2D eigenvalue weighted by atomic mass is 10.0. The minimum absolute atomic E-state index is 0.159. The van der Waals surface area contributed by atoms with E-state index in [1.54, 1.807) is 18.2 Å². The lowest BCUT2D eigenvalue weighted by molar-refractivity contribution is 0.439. The Morgan fingerprint density at radius 2 is 1.76 bits per heavy atom. The van der Waals surface area contributed by atoms with Gasteiger partial charge in [-0.15, -0.1) is 0 Å². The monoisotopic (exact) mass is 410 g/mol. The fraction of sp³-hybridized carbons (Fsp3) is 0. The molecule has 3 nitrogen and oxygen atoms in total. The molecule has 0 spiro atoms. The summed E-state index contributed by atoms with van der Waals surface area (Å²) >= 11 is 6.54. The maximum Gasteiger partial charge on any atom is 0.230 e. The van der Waals surface area contributed by atoms with Crippen LogP contribution in [0.4, 0.5) is 10.3 Å². The third kappa shape index (κ3) is 2.61. The van der Waals surface area contributed by atoms with Crippen LogP contribution in [0.3, 0.4) is 0 Å². The van der Waals surface area contributed by atoms with Crippen LogP contribution in [0.25, 0.3) is 22.4 Å². The van der Waals surface area contributed by atoms with E-state index in [1.807, 2.05) is 24.3 Å². The highest BCUT2D eigenvalue weighted by atomic mass is 79.9. The van der Waals surface area contributed by atoms with Crippen molar-refractivity contribution in [3.05, 3.63) is 57.2 Å². The van der Waals surface area contributed by atoms with Gasteiger partial charge in [0.05, 0.1) is 10.0 Å². The summed E-state index contributed by atoms with van der Waals surface area (Å²) in [5.41, 5.74) is 7.98. The predicted octanol–water partition coefficient (Wildman–Crippen LogP) is 5.25. The molecule has 1 heterocycles. The zero-order chi connectivity index (χ0) is 15.0. The van der Waals surface area contributed by atoms with Crippen molar-refractivity contribution in [2.24, 2.45) is 0 Å². The fourth-order valence-electron chi connectivity index (χ4n) is 2.07. The minimum atomic E-state index is -0.399. The first-order valence-corrected chi connectivity index (χ1v) is 7.62. The summed E-state index contributed by atoms with van der Waals surface area (Å²) in [5.74, 6) is -0.240. The topological polar surface area (TPSA) is 52.0 Å². The number of hydrogen-bond acceptors (Lipinski definition) is 3. The number of hydrogen-bond donors (Lipinski definition) is 1. The van der Waals surface area contributed by atoms with Gasteiger partial charge in [-0.1, -0.05) is 39.3 Å². The Kier molecular flexibility index (Phi) is 3.82. The van der Waals surface area contributed by atoms with Gasteiger partial charge in [0.1, 0.15) is 11.5 Å². The van der Waals surface area contributed by atoms with Gasteiger partial charge in [-0.3, -0.25) is 0 Å². The highest BCUT2D eigenvalue weighted by molar-refractivity contribution is 9.10. The summed E-state index contributed by atoms with van der Waals surface area (Å²) in [6.07, 6.45) is 0. The summed E-state index contributed by atoms with van der Waals surface area (Å²) < 4.78 is 20.6. The number of nitrogen functional groups attached to an aromatic ring is 1. The molecule has 0 atom stereocenters. The zero-order valence-corrected chi connectivity index (χ0v) is 13.8. The van der Waals surface area contributed by atoms with E-state index in [0.717, 1.165) is 10.0 Å². The van der Waals surface area contributed by atoms with Crippen LogP contribution in [-0.2, 0) is 0 Å². The Morgan fingerprint density at radius 1 is 1.05 bits per heavy atom. The van der Waals surface area contributed by atoms with Gasteiger partial charge in [0.15, 0.2) is 0 Å². The van der Waals surface area contributed by atoms with Gasteiger partial charge in [-0.05, 0) is 45.8 Å². The molecule has 6 heteroatoms. The first kappa shape index (κ1) is 14.3. The molecule has 0 aliphatic heterocycles. The molecule has 2 N–H and O–H groups in total. The molecule has 106 valence electrons. The van der Waals surface area contributed by atoms with Gasteiger partial charge in [-0.2, -0.15) is 0 Å². The molecule has 3 rings (SSSR count). The molecular formula is C15H9Br2FN2O. The third-order valence-corrected chi connectivity index (χ3v) is 4.20. The highest BCUT2D eigenvalue weighted by Gasteiger charge is 2.20. The molecule has 2 aromatic carbocycles. The standard InChI is InChI=1S/C15H9Br2FN2O/c16-9-6-4-8(5-7-9)12-14(20-21-15(12)19)10-2-1-3-11(17)13(10)18/h1-7H,19H2. The largest absolute Gasteiger partial charge is 0.367 e. The van der Waals surface area contributed by atoms with Crippen molar-refractivity contribution in [1.82, 2.24) is 5.16 Å². The maximum atomic E-state index is 14.3. The number of rotatable bonds is 2. The van der Waals surface area contributed by atoms with Crippen molar-refractivity contribution in [1.29, 1.82) is 0 Å². The number of nitrogens with two attached hydrogens (primary N) is 1. The molecule has 0 unspecified atom stereocenters. The van der Waals surface area contributed by atoms with Crippen LogP contribution >= 0.6 is 31.9 Å². The molecule has 3 aromatic rings. The zero-order valence-electron chi connectivity index (χ0n) is 10.6. The Morgan fingerprint density at radius 3 is 2.48 bits per heavy atom. The van der Waals surface area contributed by atoms with Gasteiger partial charge in [0, 0.05) is 10.0 Å². The van der Waals surface area contributed by atoms with E-state index in [9.17, 15) is 4.39 Å². The second-order valence-electron chi connectivity index (χ2n) is 4.38. The van der Waals surface area contributed by atoms with Crippen molar-refractivity contribution in [3.8, 4) is 22.4 Å². The lowest BCUT2D eigenvalue weighted by Gasteiger charge is -2.05. The van der Waals surface area contributed by atoms with Crippen LogP contribution < -0.4 is 5.73 Å². The van der Waals surface area contributed by atoms with Crippen LogP contribution in [-0.4, -0.2) is 5.16 Å². The van der Waals surface area contributed by atoms with Crippen molar-refractivity contribution < 1.29 is 8.91 Å². The Balaban J connectivity index is 2.22. The molecule has 0 bridgehead atoms. The summed E-state index contributed by atoms with van der Waals surface area (Å²) in [7, 11) is 0. The van der Waals surface area contributed by atoms with Gasteiger partial charge < -0.3 is 10.3 Å². The molecule has 1 aromatic heterocycles. The van der Waals surface area contributed by atoms with Gasteiger partial charge in [0.2, 0.25) is 5.88 Å². The van der Waals surface area contributed by atoms with E-state index >= 15 is 0 Å². The SMILES string of the molecule is Nc1onc(-c2cccc(Br)c2F)c1-c1ccc(Br)cc1. The van der Waals surface area contributed by atoms with Crippen LogP contribution in [0.15, 0.2) is 55.9 Å². The van der Waals surface area contributed by atoms with Gasteiger partial charge >= 0.3 is 0 Å². The van der Waals surface area contributed by atoms with Crippen molar-refractivity contribution >= 4 is 37.7 Å². The fourth-order valence-corrected chi connectivity index (χ4v) is 2.70. The number of benzene rings is 2. The van der Waals surface area contributed by atoms with Gasteiger partial charge in [0.25, 0.3) is 0 Å². The van der Waals surface area contributed by atoms with E-state index in [1.165, 1.54) is 0 Å². The van der Waals surface area contributed by atoms with E-state index in [-0.39, 0.29) is 5.88 Å². The molecular weight excluding hydrogens is 403 g/mol. The van der Waals surface area contributed by atoms with Crippen LogP contribution in [0.5, 0.6) is 0 Å². The molecule has 0 saturated heterocycles. The highest BCUT2D eigenvalue weighted by Crippen LogP contribution is 2.38. The summed E-state index contributed by atoms with van der Waals surface area (Å²) in [4.78, 5) is 0. The lowest BCUT2D eigenvalue weighted by Crippen LogP contribution is -1.90. The molecule has 0 radical (unpaired) electrons. The van der Waals surface area contributed by atoms with Crippen LogP contribution in [0.1, 0.15) is 0 Å². The smallest absolute Gasteiger partial charge is 0.230 e. The second-order valence-corrected chi connectivity index (χ2v) is 6.15. The molecule has 0 saturated carbocycles. The van der Waals surface area contributed by atoms with E-state index < -0.39 is 5.82 Å². The van der Waals surface area contributed by atoms with Crippen molar-refractivity contribution in [2.75, 3.05) is 5.73 Å². The Bertz CT molecular complexity index is 800. The van der Waals surface area contributed by atoms with Crippen LogP contribution in [0.2, 0.25) is 0 Å². The van der Waals surface area contributed by atoms with Gasteiger partial charge in [-0.25, -0.2) is 4.39 Å². The summed E-state index contributed by atoms with van der Waals surface area (Å²) in [5, 5.41) is 3.91. The molecule has 0 aliphatic carbocycles. The van der Waals surface area contributed by atoms with E-state index in [0.29, 0.717) is 21.3 Å². The minimum Gasteiger partial charge on any atom is -0.367 e. The normalized spacial score (nSPS) is 10.8. The maximum absolute atomic E-state index is 14.3. The Hall–Kier alpha value is -1.66. The van der Waals surface area contributed by atoms with Crippen molar-refractivity contribution in [3.63, 3.8) is 0 Å². The molecule has 0 aliphatic rings. The molecule has 21 heavy (non-hydrogen) atoms. The van der Waals surface area contributed by atoms with Crippen LogP contribution in [0, 0.1) is 5.82 Å². The average Bonchev–Trinajstić information content (AvgIpc) is 2.85. The number of aromatic nitrogens is 1. The molecule has 0 amide bonds. The second kappa shape index (κ2) is 5.61. The number of nitrogens with zero attached hydrogens (tertiary/aromatic N) is 1. The molecule has 0 fully saturated rings. The number of anilines is 1. The Labute approximate surface area is 137 Å². The van der Waals surface area contributed by atoms with E-state index in [2.05, 4.69) is 37.0 Å². The van der Waals surface area contributed by atoms with Crippen molar-refractivity contribution in [2.45, 2.75) is 0 Å². The average molecular weight is 412 g/mol. The first-order chi connectivity index (χ1) is 10.1. The summed E-state index contributed by atoms with van der Waals surface area (Å²) in [6, 6.07) is 12.5. The quantitative estimate of drug-likeness (QED) is 0.626. The predicted molar refractivity (Wildman–Crippen MR) is 87.1 cm³/mol. The third-order valence-electron chi connectivity index (χ3n) is 3.06. The summed E-state index contributed by atoms with van der Waals surface area (Å²) in [6.45, 7) is 0.